The molecule has 3 aromatic rings. The maximum absolute atomic E-state index is 12.5. The molecule has 0 spiro atoms. The fraction of sp³-hybridized carbons (Fsp3) is 0.250. The number of para-hydroxylation sites is 1. The van der Waals surface area contributed by atoms with Gasteiger partial charge in [0, 0.05) is 23.6 Å². The largest absolute Gasteiger partial charge is 0.467 e. The van der Waals surface area contributed by atoms with Crippen LogP contribution in [0.1, 0.15) is 17.7 Å². The van der Waals surface area contributed by atoms with Crippen LogP contribution in [0.3, 0.4) is 0 Å². The molecule has 0 radical (unpaired) electrons. The van der Waals surface area contributed by atoms with Crippen molar-refractivity contribution in [1.29, 1.82) is 0 Å². The predicted molar refractivity (Wildman–Crippen MR) is 101 cm³/mol. The number of hydrogen-bond acceptors (Lipinski definition) is 4. The minimum Gasteiger partial charge on any atom is -0.467 e. The highest BCUT2D eigenvalue weighted by Gasteiger charge is 2.38. The average Bonchev–Trinajstić information content (AvgIpc) is 3.40. The normalized spacial score (nSPS) is 16.6. The van der Waals surface area contributed by atoms with Crippen molar-refractivity contribution in [2.24, 2.45) is 0 Å². The minimum atomic E-state index is -0.841. The number of benzene rings is 1. The standard InChI is InChI=1S/C20H20N4O4/c25-18(22-12-14-4-3-9-28-14)10-17-19(26)24(20(27)23-17)8-7-13-11-21-16-6-2-1-5-15(13)16/h1-6,9,11,17,21H,7-8,10,12H2,(H,22,25)(H,23,27). The summed E-state index contributed by atoms with van der Waals surface area (Å²) in [7, 11) is 0. The number of H-pyrrole nitrogens is 1. The van der Waals surface area contributed by atoms with Crippen LogP contribution < -0.4 is 10.6 Å². The molecular weight excluding hydrogens is 360 g/mol. The first-order valence-corrected chi connectivity index (χ1v) is 9.08. The lowest BCUT2D eigenvalue weighted by atomic mass is 10.1. The molecule has 1 fully saturated rings. The molecule has 0 saturated carbocycles. The van der Waals surface area contributed by atoms with Gasteiger partial charge in [-0.1, -0.05) is 18.2 Å². The first kappa shape index (κ1) is 17.8. The fourth-order valence-electron chi connectivity index (χ4n) is 3.35. The Balaban J connectivity index is 1.32. The molecule has 1 saturated heterocycles. The van der Waals surface area contributed by atoms with Gasteiger partial charge in [0.1, 0.15) is 11.8 Å². The van der Waals surface area contributed by atoms with E-state index in [9.17, 15) is 14.4 Å². The molecule has 2 aromatic heterocycles. The van der Waals surface area contributed by atoms with Gasteiger partial charge in [-0.2, -0.15) is 0 Å². The highest BCUT2D eigenvalue weighted by molar-refractivity contribution is 6.05. The van der Waals surface area contributed by atoms with Gasteiger partial charge in [0.05, 0.1) is 19.2 Å². The van der Waals surface area contributed by atoms with Gasteiger partial charge in [0.2, 0.25) is 5.91 Å². The molecule has 1 aliphatic rings. The van der Waals surface area contributed by atoms with E-state index >= 15 is 0 Å². The number of hydrogen-bond donors (Lipinski definition) is 3. The summed E-state index contributed by atoms with van der Waals surface area (Å²) < 4.78 is 5.14. The number of aromatic amines is 1. The van der Waals surface area contributed by atoms with Crippen molar-refractivity contribution in [3.05, 3.63) is 60.2 Å². The van der Waals surface area contributed by atoms with Crippen molar-refractivity contribution in [2.75, 3.05) is 6.54 Å². The molecule has 4 amide bonds. The quantitative estimate of drug-likeness (QED) is 0.544. The monoisotopic (exact) mass is 380 g/mol. The van der Waals surface area contributed by atoms with E-state index in [1.807, 2.05) is 30.5 Å². The van der Waals surface area contributed by atoms with Gasteiger partial charge in [0.25, 0.3) is 5.91 Å². The second kappa shape index (κ2) is 7.59. The number of fused-ring (bicyclic) bond motifs is 1. The topological polar surface area (TPSA) is 107 Å². The SMILES string of the molecule is O=C(CC1NC(=O)N(CCc2c[nH]c3ccccc23)C1=O)NCc1ccco1. The van der Waals surface area contributed by atoms with Gasteiger partial charge >= 0.3 is 6.03 Å². The van der Waals surface area contributed by atoms with Crippen molar-refractivity contribution < 1.29 is 18.8 Å². The first-order valence-electron chi connectivity index (χ1n) is 9.08. The maximum Gasteiger partial charge on any atom is 0.324 e. The lowest BCUT2D eigenvalue weighted by Crippen LogP contribution is -2.36. The third kappa shape index (κ3) is 3.62. The Morgan fingerprint density at radius 1 is 1.18 bits per heavy atom. The number of imide groups is 1. The van der Waals surface area contributed by atoms with E-state index in [-0.39, 0.29) is 31.3 Å². The van der Waals surface area contributed by atoms with Crippen molar-refractivity contribution in [2.45, 2.75) is 25.4 Å². The van der Waals surface area contributed by atoms with Crippen LogP contribution in [0, 0.1) is 0 Å². The zero-order valence-electron chi connectivity index (χ0n) is 15.1. The van der Waals surface area contributed by atoms with Gasteiger partial charge in [-0.3, -0.25) is 14.5 Å². The van der Waals surface area contributed by atoms with Gasteiger partial charge in [-0.25, -0.2) is 4.79 Å². The number of nitrogens with zero attached hydrogens (tertiary/aromatic N) is 1. The predicted octanol–water partition coefficient (Wildman–Crippen LogP) is 1.93. The molecule has 4 rings (SSSR count). The number of aromatic nitrogens is 1. The van der Waals surface area contributed by atoms with Crippen LogP contribution in [0.4, 0.5) is 4.79 Å². The number of carbonyl (C=O) groups excluding carboxylic acids is 3. The molecule has 1 unspecified atom stereocenters. The van der Waals surface area contributed by atoms with Crippen LogP contribution in [0.5, 0.6) is 0 Å². The van der Waals surface area contributed by atoms with Crippen molar-refractivity contribution in [3.63, 3.8) is 0 Å². The minimum absolute atomic E-state index is 0.102. The van der Waals surface area contributed by atoms with E-state index in [1.165, 1.54) is 11.2 Å². The zero-order chi connectivity index (χ0) is 19.5. The molecule has 1 aliphatic heterocycles. The highest BCUT2D eigenvalue weighted by atomic mass is 16.3. The summed E-state index contributed by atoms with van der Waals surface area (Å²) in [6.07, 6.45) is 3.85. The molecule has 144 valence electrons. The zero-order valence-corrected chi connectivity index (χ0v) is 15.1. The van der Waals surface area contributed by atoms with E-state index in [1.54, 1.807) is 12.1 Å². The van der Waals surface area contributed by atoms with Gasteiger partial charge in [0.15, 0.2) is 0 Å². The molecule has 1 atom stereocenters. The van der Waals surface area contributed by atoms with Crippen LogP contribution in [0.25, 0.3) is 10.9 Å². The highest BCUT2D eigenvalue weighted by Crippen LogP contribution is 2.19. The third-order valence-corrected chi connectivity index (χ3v) is 4.82. The smallest absolute Gasteiger partial charge is 0.324 e. The molecule has 0 aliphatic carbocycles. The first-order chi connectivity index (χ1) is 13.6. The Labute approximate surface area is 160 Å². The number of furan rings is 1. The van der Waals surface area contributed by atoms with Crippen LogP contribution in [-0.4, -0.2) is 40.3 Å². The van der Waals surface area contributed by atoms with Crippen LogP contribution in [0.15, 0.2) is 53.3 Å². The van der Waals surface area contributed by atoms with E-state index in [4.69, 9.17) is 4.42 Å². The van der Waals surface area contributed by atoms with Crippen LogP contribution in [-0.2, 0) is 22.6 Å². The number of amides is 4. The number of nitrogens with one attached hydrogen (secondary N) is 3. The molecule has 3 heterocycles. The van der Waals surface area contributed by atoms with Crippen molar-refractivity contribution in [1.82, 2.24) is 20.5 Å². The van der Waals surface area contributed by atoms with E-state index in [2.05, 4.69) is 15.6 Å². The second-order valence-electron chi connectivity index (χ2n) is 6.66. The van der Waals surface area contributed by atoms with Crippen molar-refractivity contribution in [3.8, 4) is 0 Å². The molecule has 3 N–H and O–H groups in total. The molecule has 0 bridgehead atoms. The van der Waals surface area contributed by atoms with Gasteiger partial charge in [-0.05, 0) is 30.2 Å². The molecule has 8 nitrogen and oxygen atoms in total. The van der Waals surface area contributed by atoms with Crippen molar-refractivity contribution >= 4 is 28.7 Å². The van der Waals surface area contributed by atoms with Crippen LogP contribution >= 0.6 is 0 Å². The van der Waals surface area contributed by atoms with Crippen LogP contribution in [0.2, 0.25) is 0 Å². The summed E-state index contributed by atoms with van der Waals surface area (Å²) in [5.41, 5.74) is 2.05. The summed E-state index contributed by atoms with van der Waals surface area (Å²) in [5, 5.41) is 6.34. The number of urea groups is 1. The maximum atomic E-state index is 12.5. The van der Waals surface area contributed by atoms with E-state index in [0.29, 0.717) is 12.2 Å². The van der Waals surface area contributed by atoms with Gasteiger partial charge < -0.3 is 20.0 Å². The number of rotatable bonds is 7. The van der Waals surface area contributed by atoms with Gasteiger partial charge in [-0.15, -0.1) is 0 Å². The second-order valence-corrected chi connectivity index (χ2v) is 6.66. The Morgan fingerprint density at radius 3 is 2.86 bits per heavy atom. The number of carbonyl (C=O) groups is 3. The lowest BCUT2D eigenvalue weighted by Gasteiger charge is -2.12. The summed E-state index contributed by atoms with van der Waals surface area (Å²) >= 11 is 0. The Bertz CT molecular complexity index is 1010. The molecule has 28 heavy (non-hydrogen) atoms. The summed E-state index contributed by atoms with van der Waals surface area (Å²) in [4.78, 5) is 41.1. The summed E-state index contributed by atoms with van der Waals surface area (Å²) in [6.45, 7) is 0.502. The molecule has 1 aromatic carbocycles. The Kier molecular flexibility index (Phi) is 4.84. The third-order valence-electron chi connectivity index (χ3n) is 4.82. The fourth-order valence-corrected chi connectivity index (χ4v) is 3.35. The molecule has 8 heteroatoms. The Morgan fingerprint density at radius 2 is 2.04 bits per heavy atom. The summed E-state index contributed by atoms with van der Waals surface area (Å²) in [6, 6.07) is 10.0. The lowest BCUT2D eigenvalue weighted by molar-refractivity contribution is -0.130. The van der Waals surface area contributed by atoms with E-state index < -0.39 is 12.1 Å². The average molecular weight is 380 g/mol. The molecular formula is C20H20N4O4. The Hall–Kier alpha value is -3.55. The van der Waals surface area contributed by atoms with E-state index in [0.717, 1.165) is 16.5 Å². The summed E-state index contributed by atoms with van der Waals surface area (Å²) in [5.74, 6) is -0.0815.